The molecule has 0 amide bonds. The zero-order valence-electron chi connectivity index (χ0n) is 15.1. The van der Waals surface area contributed by atoms with Crippen molar-refractivity contribution in [2.24, 2.45) is 0 Å². The molecule has 6 nitrogen and oxygen atoms in total. The molecule has 0 saturated carbocycles. The van der Waals surface area contributed by atoms with Crippen molar-refractivity contribution in [1.29, 1.82) is 0 Å². The topological polar surface area (TPSA) is 92.7 Å². The summed E-state index contributed by atoms with van der Waals surface area (Å²) in [5.41, 5.74) is 1.26. The first-order valence-corrected chi connectivity index (χ1v) is 8.70. The van der Waals surface area contributed by atoms with Crippen LogP contribution >= 0.6 is 0 Å². The highest BCUT2D eigenvalue weighted by Crippen LogP contribution is 2.39. The molecule has 1 unspecified atom stereocenters. The lowest BCUT2D eigenvalue weighted by Gasteiger charge is -2.31. The second-order valence-electron chi connectivity index (χ2n) is 6.72. The van der Waals surface area contributed by atoms with E-state index in [1.54, 1.807) is 29.2 Å². The average molecular weight is 365 g/mol. The van der Waals surface area contributed by atoms with E-state index in [4.69, 9.17) is 8.83 Å². The van der Waals surface area contributed by atoms with Gasteiger partial charge in [-0.1, -0.05) is 5.76 Å². The third kappa shape index (κ3) is 3.08. The van der Waals surface area contributed by atoms with E-state index in [-0.39, 0.29) is 18.1 Å². The molecule has 2 aromatic rings. The van der Waals surface area contributed by atoms with E-state index in [9.17, 15) is 15.3 Å². The SMILES string of the molecule is Cc1ccc(/C=C2\C([O])=C3C=C(Cc4ccc(C)o4)C([O-])=CN3C2CO)o1. The van der Waals surface area contributed by atoms with E-state index in [0.29, 0.717) is 34.8 Å². The van der Waals surface area contributed by atoms with Crippen molar-refractivity contribution in [3.63, 3.8) is 0 Å². The summed E-state index contributed by atoms with van der Waals surface area (Å²) in [6.07, 6.45) is 4.92. The molecule has 1 N–H and O–H groups in total. The Balaban J connectivity index is 1.72. The Morgan fingerprint density at radius 3 is 2.56 bits per heavy atom. The molecule has 1 atom stereocenters. The van der Waals surface area contributed by atoms with Gasteiger partial charge >= 0.3 is 0 Å². The van der Waals surface area contributed by atoms with E-state index in [2.05, 4.69) is 0 Å². The van der Waals surface area contributed by atoms with E-state index < -0.39 is 6.04 Å². The Kier molecular flexibility index (Phi) is 4.20. The maximum Gasteiger partial charge on any atom is 0.207 e. The zero-order valence-corrected chi connectivity index (χ0v) is 15.1. The van der Waals surface area contributed by atoms with Crippen LogP contribution in [-0.4, -0.2) is 22.7 Å². The number of hydrogen-bond acceptors (Lipinski definition) is 5. The number of nitrogens with zero attached hydrogens (tertiary/aromatic N) is 1. The van der Waals surface area contributed by atoms with Gasteiger partial charge in [-0.05, 0) is 62.0 Å². The number of allylic oxidation sites excluding steroid dienone is 2. The summed E-state index contributed by atoms with van der Waals surface area (Å²) in [6, 6.07) is 6.62. The highest BCUT2D eigenvalue weighted by atomic mass is 16.3. The molecule has 0 aliphatic carbocycles. The van der Waals surface area contributed by atoms with Crippen LogP contribution in [0.4, 0.5) is 0 Å². The Labute approximate surface area is 156 Å². The van der Waals surface area contributed by atoms with Crippen molar-refractivity contribution in [2.75, 3.05) is 6.61 Å². The van der Waals surface area contributed by atoms with Crippen molar-refractivity contribution in [3.8, 4) is 0 Å². The number of rotatable bonds is 4. The van der Waals surface area contributed by atoms with E-state index in [1.165, 1.54) is 6.20 Å². The fourth-order valence-corrected chi connectivity index (χ4v) is 3.42. The minimum Gasteiger partial charge on any atom is -0.871 e. The number of aliphatic hydroxyl groups is 1. The molecule has 0 saturated heterocycles. The summed E-state index contributed by atoms with van der Waals surface area (Å²) in [5, 5.41) is 35.3. The summed E-state index contributed by atoms with van der Waals surface area (Å²) < 4.78 is 11.1. The van der Waals surface area contributed by atoms with E-state index in [1.807, 2.05) is 26.0 Å². The molecule has 1 radical (unpaired) electrons. The van der Waals surface area contributed by atoms with Gasteiger partial charge in [0, 0.05) is 12.0 Å². The van der Waals surface area contributed by atoms with Crippen LogP contribution in [0, 0.1) is 13.8 Å². The molecule has 4 rings (SSSR count). The van der Waals surface area contributed by atoms with Gasteiger partial charge in [-0.25, -0.2) is 0 Å². The van der Waals surface area contributed by atoms with Gasteiger partial charge in [0.2, 0.25) is 5.76 Å². The standard InChI is InChI=1S/C21H20NO5/c1-12-3-5-15(26-12)7-14-8-18-21(25)17(9-16-6-4-13(2)27-16)19(11-23)22(18)10-20(14)24/h3-6,8-10,19,23-24H,7,11H2,1-2H3/p-1/b17-9-. The van der Waals surface area contributed by atoms with Gasteiger partial charge < -0.3 is 23.9 Å². The first-order chi connectivity index (χ1) is 13.0. The lowest BCUT2D eigenvalue weighted by Crippen LogP contribution is -2.33. The molecule has 0 spiro atoms. The molecule has 6 heteroatoms. The third-order valence-electron chi connectivity index (χ3n) is 4.74. The van der Waals surface area contributed by atoms with Crippen LogP contribution in [0.25, 0.3) is 6.08 Å². The quantitative estimate of drug-likeness (QED) is 0.899. The Morgan fingerprint density at radius 2 is 1.93 bits per heavy atom. The third-order valence-corrected chi connectivity index (χ3v) is 4.74. The van der Waals surface area contributed by atoms with Crippen molar-refractivity contribution in [3.05, 3.63) is 87.9 Å². The summed E-state index contributed by atoms with van der Waals surface area (Å²) >= 11 is 0. The maximum absolute atomic E-state index is 12.9. The monoisotopic (exact) mass is 365 g/mol. The Morgan fingerprint density at radius 1 is 1.19 bits per heavy atom. The highest BCUT2D eigenvalue weighted by molar-refractivity contribution is 5.62. The second-order valence-corrected chi connectivity index (χ2v) is 6.72. The lowest BCUT2D eigenvalue weighted by molar-refractivity contribution is -0.299. The highest BCUT2D eigenvalue weighted by Gasteiger charge is 2.37. The number of aliphatic hydroxyl groups excluding tert-OH is 1. The van der Waals surface area contributed by atoms with Crippen LogP contribution in [0.2, 0.25) is 0 Å². The Bertz CT molecular complexity index is 1000. The predicted molar refractivity (Wildman–Crippen MR) is 95.2 cm³/mol. The van der Waals surface area contributed by atoms with Crippen LogP contribution in [0.1, 0.15) is 23.0 Å². The number of hydrogen-bond donors (Lipinski definition) is 1. The maximum atomic E-state index is 12.9. The van der Waals surface area contributed by atoms with Crippen LogP contribution in [0.15, 0.2) is 73.7 Å². The molecule has 139 valence electrons. The van der Waals surface area contributed by atoms with Gasteiger partial charge in [0.05, 0.1) is 18.3 Å². The van der Waals surface area contributed by atoms with Crippen molar-refractivity contribution in [1.82, 2.24) is 4.90 Å². The van der Waals surface area contributed by atoms with Gasteiger partial charge in [0.1, 0.15) is 23.0 Å². The average Bonchev–Trinajstić information content (AvgIpc) is 3.29. The summed E-state index contributed by atoms with van der Waals surface area (Å²) in [5.74, 6) is 2.28. The molecular formula is C21H19NO5-. The fraction of sp³-hybridized carbons (Fsp3) is 0.238. The van der Waals surface area contributed by atoms with Crippen molar-refractivity contribution >= 4 is 6.08 Å². The van der Waals surface area contributed by atoms with Crippen LogP contribution in [0.3, 0.4) is 0 Å². The second kappa shape index (κ2) is 6.55. The van der Waals surface area contributed by atoms with Crippen molar-refractivity contribution in [2.45, 2.75) is 26.3 Å². The smallest absolute Gasteiger partial charge is 0.207 e. The number of furan rings is 2. The normalized spacial score (nSPS) is 20.9. The molecular weight excluding hydrogens is 346 g/mol. The van der Waals surface area contributed by atoms with Crippen LogP contribution in [0.5, 0.6) is 0 Å². The minimum atomic E-state index is -0.606. The van der Waals surface area contributed by atoms with Gasteiger partial charge in [-0.2, -0.15) is 0 Å². The molecule has 0 aromatic carbocycles. The predicted octanol–water partition coefficient (Wildman–Crippen LogP) is 2.58. The molecule has 4 heterocycles. The lowest BCUT2D eigenvalue weighted by atomic mass is 10.0. The van der Waals surface area contributed by atoms with Gasteiger partial charge in [0.25, 0.3) is 0 Å². The van der Waals surface area contributed by atoms with Gasteiger partial charge in [-0.3, -0.25) is 5.11 Å². The first-order valence-electron chi connectivity index (χ1n) is 8.70. The molecule has 0 bridgehead atoms. The molecule has 0 fully saturated rings. The van der Waals surface area contributed by atoms with E-state index in [0.717, 1.165) is 11.5 Å². The van der Waals surface area contributed by atoms with Crippen LogP contribution < -0.4 is 5.11 Å². The number of fused-ring (bicyclic) bond motifs is 1. The summed E-state index contributed by atoms with van der Waals surface area (Å²) in [6.45, 7) is 3.37. The van der Waals surface area contributed by atoms with Gasteiger partial charge in [0.15, 0.2) is 0 Å². The van der Waals surface area contributed by atoms with Gasteiger partial charge in [-0.15, -0.1) is 0 Å². The summed E-state index contributed by atoms with van der Waals surface area (Å²) in [4.78, 5) is 1.54. The fourth-order valence-electron chi connectivity index (χ4n) is 3.42. The minimum absolute atomic E-state index is 0.200. The first kappa shape index (κ1) is 17.3. The Hall–Kier alpha value is -3.12. The largest absolute Gasteiger partial charge is 0.871 e. The van der Waals surface area contributed by atoms with Crippen LogP contribution in [-0.2, 0) is 11.5 Å². The molecule has 2 aromatic heterocycles. The summed E-state index contributed by atoms with van der Waals surface area (Å²) in [7, 11) is 0. The molecule has 2 aliphatic rings. The van der Waals surface area contributed by atoms with E-state index >= 15 is 0 Å². The zero-order chi connectivity index (χ0) is 19.1. The molecule has 27 heavy (non-hydrogen) atoms. The van der Waals surface area contributed by atoms with Crippen molar-refractivity contribution < 1.29 is 24.2 Å². The number of aryl methyl sites for hydroxylation is 2. The molecule has 2 aliphatic heterocycles.